The molecule has 0 radical (unpaired) electrons. The van der Waals surface area contributed by atoms with E-state index in [0.717, 1.165) is 30.8 Å². The number of alkyl carbamates (subject to hydrolysis) is 2. The third-order valence-electron chi connectivity index (χ3n) is 1.91. The molecular formula is C8H12F3NO4. The van der Waals surface area contributed by atoms with Crippen LogP contribution in [-0.4, -0.2) is 38.4 Å². The number of carbonyl (C=O) groups is 2. The van der Waals surface area contributed by atoms with E-state index < -0.39 is 12.1 Å². The van der Waals surface area contributed by atoms with Crippen LogP contribution < -0.4 is 10.0 Å². The molecule has 1 aliphatic heterocycles. The molecule has 0 atom stereocenters. The van der Waals surface area contributed by atoms with Crippen LogP contribution in [0.2, 0.25) is 0 Å². The van der Waals surface area contributed by atoms with Gasteiger partial charge < -0.3 is 14.6 Å². The molecule has 0 aromatic carbocycles. The van der Waals surface area contributed by atoms with Crippen LogP contribution in [0.25, 0.3) is 0 Å². The number of halogens is 3. The number of methoxy groups -OCH3 is 1. The van der Waals surface area contributed by atoms with E-state index in [-0.39, 0.29) is 6.09 Å². The van der Waals surface area contributed by atoms with Gasteiger partial charge in [0, 0.05) is 12.8 Å². The Morgan fingerprint density at radius 3 is 1.88 bits per heavy atom. The molecule has 0 aliphatic carbocycles. The average Bonchev–Trinajstić information content (AvgIpc) is 2.69. The maximum absolute atomic E-state index is 10.8. The van der Waals surface area contributed by atoms with Crippen molar-refractivity contribution in [1.82, 2.24) is 0 Å². The van der Waals surface area contributed by atoms with Gasteiger partial charge in [0.15, 0.2) is 0 Å². The Balaban J connectivity index is 0.000000293. The number of aliphatic carboxylic acids is 1. The van der Waals surface area contributed by atoms with Gasteiger partial charge in [-0.3, -0.25) is 0 Å². The van der Waals surface area contributed by atoms with Gasteiger partial charge in [0.05, 0.1) is 20.2 Å². The molecule has 1 heterocycles. The molecular weight excluding hydrogens is 231 g/mol. The number of amides is 1. The number of hydrogen-bond donors (Lipinski definition) is 1. The van der Waals surface area contributed by atoms with E-state index in [1.807, 2.05) is 0 Å². The molecule has 1 saturated heterocycles. The Morgan fingerprint density at radius 1 is 1.25 bits per heavy atom. The number of quaternary nitrogens is 1. The first-order valence-corrected chi connectivity index (χ1v) is 4.50. The number of carbonyl (C=O) groups excluding carboxylic acids is 2. The summed E-state index contributed by atoms with van der Waals surface area (Å²) >= 11 is 0. The van der Waals surface area contributed by atoms with Gasteiger partial charge in [0.2, 0.25) is 0 Å². The van der Waals surface area contributed by atoms with Crippen molar-refractivity contribution in [3.63, 3.8) is 0 Å². The van der Waals surface area contributed by atoms with Crippen molar-refractivity contribution in [3.8, 4) is 0 Å². The number of carboxylic acids is 1. The smallest absolute Gasteiger partial charge is 0.514 e. The van der Waals surface area contributed by atoms with Gasteiger partial charge in [0.25, 0.3) is 0 Å². The molecule has 1 N–H and O–H groups in total. The summed E-state index contributed by atoms with van der Waals surface area (Å²) in [5.41, 5.74) is 0. The standard InChI is InChI=1S/C6H11NO2.C2HF3O2/c1-9-6(8)7-4-2-3-5-7;3-2(4,5)1(6)7/h2-5H2,1H3;(H,6,7). The largest absolute Gasteiger partial charge is 0.542 e. The third kappa shape index (κ3) is 5.54. The summed E-state index contributed by atoms with van der Waals surface area (Å²) < 4.78 is 36.1. The summed E-state index contributed by atoms with van der Waals surface area (Å²) in [6.45, 7) is 1.90. The normalized spacial score (nSPS) is 16.2. The lowest BCUT2D eigenvalue weighted by molar-refractivity contribution is -0.809. The lowest BCUT2D eigenvalue weighted by Crippen LogP contribution is -3.12. The molecule has 1 aliphatic rings. The zero-order valence-corrected chi connectivity index (χ0v) is 8.60. The number of hydrogen-bond acceptors (Lipinski definition) is 4. The predicted molar refractivity (Wildman–Crippen MR) is 43.4 cm³/mol. The maximum atomic E-state index is 10.8. The minimum atomic E-state index is -5.19. The van der Waals surface area contributed by atoms with Crippen molar-refractivity contribution >= 4 is 12.1 Å². The summed E-state index contributed by atoms with van der Waals surface area (Å²) in [4.78, 5) is 20.5. The minimum Gasteiger partial charge on any atom is -0.542 e. The van der Waals surface area contributed by atoms with E-state index in [0.29, 0.717) is 0 Å². The highest BCUT2D eigenvalue weighted by atomic mass is 19.4. The van der Waals surface area contributed by atoms with Crippen molar-refractivity contribution in [2.75, 3.05) is 20.2 Å². The molecule has 16 heavy (non-hydrogen) atoms. The second kappa shape index (κ2) is 6.31. The Labute approximate surface area is 89.8 Å². The van der Waals surface area contributed by atoms with Crippen LogP contribution in [0.4, 0.5) is 18.0 Å². The average molecular weight is 243 g/mol. The van der Waals surface area contributed by atoms with Crippen LogP contribution in [0.3, 0.4) is 0 Å². The van der Waals surface area contributed by atoms with Crippen LogP contribution in [0.5, 0.6) is 0 Å². The quantitative estimate of drug-likeness (QED) is 0.576. The number of alkyl halides is 3. The monoisotopic (exact) mass is 243 g/mol. The molecule has 0 aromatic heterocycles. The van der Waals surface area contributed by atoms with E-state index in [2.05, 4.69) is 4.74 Å². The molecule has 0 spiro atoms. The summed E-state index contributed by atoms with van der Waals surface area (Å²) in [5, 5.41) is 8.78. The molecule has 1 amide bonds. The van der Waals surface area contributed by atoms with Gasteiger partial charge >= 0.3 is 12.3 Å². The number of nitrogens with one attached hydrogen (secondary N) is 1. The second-order valence-electron chi connectivity index (χ2n) is 3.09. The number of ether oxygens (including phenoxy) is 1. The van der Waals surface area contributed by atoms with Crippen molar-refractivity contribution in [2.45, 2.75) is 19.0 Å². The van der Waals surface area contributed by atoms with Gasteiger partial charge in [0.1, 0.15) is 5.97 Å². The fourth-order valence-corrected chi connectivity index (χ4v) is 1.15. The predicted octanol–water partition coefficient (Wildman–Crippen LogP) is -1.27. The highest BCUT2D eigenvalue weighted by Gasteiger charge is 2.28. The summed E-state index contributed by atoms with van der Waals surface area (Å²) in [6.07, 6.45) is -2.98. The van der Waals surface area contributed by atoms with E-state index in [1.165, 1.54) is 7.11 Å². The van der Waals surface area contributed by atoms with Crippen molar-refractivity contribution in [2.24, 2.45) is 0 Å². The molecule has 1 fully saturated rings. The SMILES string of the molecule is COC(=O)[NH+]1CCCC1.O=C([O-])C(F)(F)F. The van der Waals surface area contributed by atoms with E-state index in [1.54, 1.807) is 0 Å². The van der Waals surface area contributed by atoms with Crippen LogP contribution in [0.15, 0.2) is 0 Å². The first-order valence-electron chi connectivity index (χ1n) is 4.50. The van der Waals surface area contributed by atoms with Gasteiger partial charge in [-0.25, -0.2) is 4.90 Å². The molecule has 5 nitrogen and oxygen atoms in total. The Bertz CT molecular complexity index is 248. The van der Waals surface area contributed by atoms with E-state index >= 15 is 0 Å². The Hall–Kier alpha value is -1.31. The van der Waals surface area contributed by atoms with Gasteiger partial charge in [-0.05, 0) is 0 Å². The topological polar surface area (TPSA) is 70.9 Å². The molecule has 0 saturated carbocycles. The van der Waals surface area contributed by atoms with Crippen molar-refractivity contribution < 1.29 is 37.5 Å². The van der Waals surface area contributed by atoms with E-state index in [9.17, 15) is 18.0 Å². The van der Waals surface area contributed by atoms with Gasteiger partial charge in [-0.15, -0.1) is 0 Å². The lowest BCUT2D eigenvalue weighted by atomic mass is 10.4. The fourth-order valence-electron chi connectivity index (χ4n) is 1.15. The fraction of sp³-hybridized carbons (Fsp3) is 0.750. The maximum Gasteiger partial charge on any atom is 0.514 e. The van der Waals surface area contributed by atoms with Gasteiger partial charge in [-0.1, -0.05) is 0 Å². The van der Waals surface area contributed by atoms with E-state index in [4.69, 9.17) is 9.90 Å². The molecule has 0 aromatic rings. The second-order valence-corrected chi connectivity index (χ2v) is 3.09. The minimum absolute atomic E-state index is 0.104. The summed E-state index contributed by atoms with van der Waals surface area (Å²) in [6, 6.07) is 0. The first kappa shape index (κ1) is 14.7. The molecule has 0 bridgehead atoms. The Kier molecular flexibility index (Phi) is 5.79. The lowest BCUT2D eigenvalue weighted by Gasteiger charge is -2.04. The van der Waals surface area contributed by atoms with Crippen molar-refractivity contribution in [1.29, 1.82) is 0 Å². The zero-order valence-electron chi connectivity index (χ0n) is 8.60. The van der Waals surface area contributed by atoms with Crippen LogP contribution in [0, 0.1) is 0 Å². The van der Waals surface area contributed by atoms with Crippen LogP contribution in [-0.2, 0) is 9.53 Å². The number of carboxylic acid groups (broad SMARTS) is 1. The molecule has 1 rings (SSSR count). The number of rotatable bonds is 0. The van der Waals surface area contributed by atoms with Crippen LogP contribution >= 0.6 is 0 Å². The first-order chi connectivity index (χ1) is 7.29. The highest BCUT2D eigenvalue weighted by molar-refractivity contribution is 5.70. The van der Waals surface area contributed by atoms with Gasteiger partial charge in [-0.2, -0.15) is 18.0 Å². The molecule has 94 valence electrons. The third-order valence-corrected chi connectivity index (χ3v) is 1.91. The Morgan fingerprint density at radius 2 is 1.62 bits per heavy atom. The molecule has 0 unspecified atom stereocenters. The summed E-state index contributed by atoms with van der Waals surface area (Å²) in [7, 11) is 1.44. The molecule has 8 heteroatoms. The number of likely N-dealkylation sites (tertiary alicyclic amines) is 1. The van der Waals surface area contributed by atoms with Crippen LogP contribution in [0.1, 0.15) is 12.8 Å². The highest BCUT2D eigenvalue weighted by Crippen LogP contribution is 2.11. The zero-order chi connectivity index (χ0) is 12.8. The summed E-state index contributed by atoms with van der Waals surface area (Å²) in [5.74, 6) is -3.01. The van der Waals surface area contributed by atoms with Crippen molar-refractivity contribution in [3.05, 3.63) is 0 Å².